The summed E-state index contributed by atoms with van der Waals surface area (Å²) in [5.41, 5.74) is 1.43. The van der Waals surface area contributed by atoms with Crippen LogP contribution in [0.2, 0.25) is 0 Å². The zero-order valence-corrected chi connectivity index (χ0v) is 13.6. The van der Waals surface area contributed by atoms with Crippen LogP contribution in [-0.4, -0.2) is 11.5 Å². The van der Waals surface area contributed by atoms with Crippen molar-refractivity contribution in [3.8, 4) is 0 Å². The Morgan fingerprint density at radius 1 is 1.42 bits per heavy atom. The van der Waals surface area contributed by atoms with Crippen molar-refractivity contribution >= 4 is 11.3 Å². The lowest BCUT2D eigenvalue weighted by Gasteiger charge is -2.39. The van der Waals surface area contributed by atoms with Gasteiger partial charge in [0.15, 0.2) is 0 Å². The molecular weight excluding hydrogens is 252 g/mol. The molecule has 1 N–H and O–H groups in total. The minimum absolute atomic E-state index is 0.167. The number of aromatic nitrogens is 1. The Balaban J connectivity index is 2.20. The average Bonchev–Trinajstić information content (AvgIpc) is 2.89. The van der Waals surface area contributed by atoms with E-state index in [2.05, 4.69) is 38.4 Å². The summed E-state index contributed by atoms with van der Waals surface area (Å²) >= 11 is 1.86. The van der Waals surface area contributed by atoms with Crippen molar-refractivity contribution in [1.82, 2.24) is 10.3 Å². The molecule has 0 radical (unpaired) electrons. The summed E-state index contributed by atoms with van der Waals surface area (Å²) in [7, 11) is 0. The van der Waals surface area contributed by atoms with Gasteiger partial charge in [0.1, 0.15) is 5.01 Å². The fourth-order valence-corrected chi connectivity index (χ4v) is 4.07. The molecule has 0 amide bonds. The highest BCUT2D eigenvalue weighted by atomic mass is 32.1. The quantitative estimate of drug-likeness (QED) is 0.847. The minimum atomic E-state index is 0.167. The van der Waals surface area contributed by atoms with Crippen molar-refractivity contribution in [3.05, 3.63) is 16.1 Å². The first kappa shape index (κ1) is 15.0. The van der Waals surface area contributed by atoms with E-state index in [0.29, 0.717) is 5.92 Å². The van der Waals surface area contributed by atoms with Crippen molar-refractivity contribution in [3.63, 3.8) is 0 Å². The summed E-state index contributed by atoms with van der Waals surface area (Å²) in [5.74, 6) is 1.41. The van der Waals surface area contributed by atoms with Gasteiger partial charge in [-0.15, -0.1) is 11.3 Å². The molecule has 1 aliphatic carbocycles. The van der Waals surface area contributed by atoms with Crippen LogP contribution in [0.15, 0.2) is 5.38 Å². The van der Waals surface area contributed by atoms with Gasteiger partial charge in [0.05, 0.1) is 11.2 Å². The van der Waals surface area contributed by atoms with E-state index in [0.717, 1.165) is 12.5 Å². The second kappa shape index (κ2) is 6.36. The molecule has 2 nitrogen and oxygen atoms in total. The number of thiazole rings is 1. The molecule has 2 rings (SSSR count). The van der Waals surface area contributed by atoms with E-state index >= 15 is 0 Å². The van der Waals surface area contributed by atoms with Crippen LogP contribution in [0, 0.1) is 5.92 Å². The number of hydrogen-bond acceptors (Lipinski definition) is 3. The van der Waals surface area contributed by atoms with Gasteiger partial charge in [-0.25, -0.2) is 4.98 Å². The maximum Gasteiger partial charge on any atom is 0.113 e. The highest BCUT2D eigenvalue weighted by molar-refractivity contribution is 7.09. The molecular formula is C16H28N2S. The lowest BCUT2D eigenvalue weighted by molar-refractivity contribution is 0.196. The van der Waals surface area contributed by atoms with Crippen LogP contribution in [0.5, 0.6) is 0 Å². The molecule has 0 bridgehead atoms. The van der Waals surface area contributed by atoms with E-state index in [1.807, 2.05) is 11.3 Å². The first-order chi connectivity index (χ1) is 9.07. The predicted molar refractivity (Wildman–Crippen MR) is 83.8 cm³/mol. The van der Waals surface area contributed by atoms with Gasteiger partial charge in [0.25, 0.3) is 0 Å². The number of nitrogens with zero attached hydrogens (tertiary/aromatic N) is 1. The number of hydrogen-bond donors (Lipinski definition) is 1. The summed E-state index contributed by atoms with van der Waals surface area (Å²) in [4.78, 5) is 4.94. The Morgan fingerprint density at radius 3 is 2.63 bits per heavy atom. The Morgan fingerprint density at radius 2 is 2.11 bits per heavy atom. The average molecular weight is 280 g/mol. The monoisotopic (exact) mass is 280 g/mol. The third-order valence-electron chi connectivity index (χ3n) is 4.36. The van der Waals surface area contributed by atoms with E-state index in [-0.39, 0.29) is 5.54 Å². The molecule has 0 aliphatic heterocycles. The maximum absolute atomic E-state index is 4.94. The predicted octanol–water partition coefficient (Wildman–Crippen LogP) is 4.67. The molecule has 3 heteroatoms. The summed E-state index contributed by atoms with van der Waals surface area (Å²) in [5, 5.41) is 7.41. The summed E-state index contributed by atoms with van der Waals surface area (Å²) in [6.07, 6.45) is 6.35. The Bertz CT molecular complexity index is 384. The second-order valence-electron chi connectivity index (χ2n) is 6.42. The highest BCUT2D eigenvalue weighted by Gasteiger charge is 2.37. The van der Waals surface area contributed by atoms with Gasteiger partial charge in [0, 0.05) is 5.38 Å². The smallest absolute Gasteiger partial charge is 0.113 e. The molecule has 0 unspecified atom stereocenters. The maximum atomic E-state index is 4.94. The fraction of sp³-hybridized carbons (Fsp3) is 0.812. The third kappa shape index (κ3) is 3.38. The van der Waals surface area contributed by atoms with Gasteiger partial charge in [-0.1, -0.05) is 27.7 Å². The summed E-state index contributed by atoms with van der Waals surface area (Å²) in [6.45, 7) is 10.2. The van der Waals surface area contributed by atoms with Gasteiger partial charge in [-0.3, -0.25) is 0 Å². The molecule has 108 valence electrons. The van der Waals surface area contributed by atoms with E-state index in [1.54, 1.807) is 0 Å². The SMILES string of the molecule is CCCNC1(c2nc(C(C)C)cs2)CCC(C)CC1. The standard InChI is InChI=1S/C16H28N2S/c1-5-10-17-16(8-6-13(4)7-9-16)15-18-14(11-19-15)12(2)3/h11-13,17H,5-10H2,1-4H3. The van der Waals surface area contributed by atoms with Crippen molar-refractivity contribution in [2.45, 2.75) is 71.3 Å². The fourth-order valence-electron chi connectivity index (χ4n) is 2.86. The third-order valence-corrected chi connectivity index (χ3v) is 5.43. The van der Waals surface area contributed by atoms with Crippen LogP contribution < -0.4 is 5.32 Å². The molecule has 0 atom stereocenters. The van der Waals surface area contributed by atoms with Crippen molar-refractivity contribution in [2.75, 3.05) is 6.54 Å². The van der Waals surface area contributed by atoms with Gasteiger partial charge in [0.2, 0.25) is 0 Å². The Hall–Kier alpha value is -0.410. The van der Waals surface area contributed by atoms with E-state index in [1.165, 1.54) is 42.8 Å². The molecule has 1 saturated carbocycles. The van der Waals surface area contributed by atoms with Crippen molar-refractivity contribution in [1.29, 1.82) is 0 Å². The zero-order chi connectivity index (χ0) is 13.9. The minimum Gasteiger partial charge on any atom is -0.305 e. The van der Waals surface area contributed by atoms with Crippen molar-refractivity contribution < 1.29 is 0 Å². The largest absolute Gasteiger partial charge is 0.305 e. The van der Waals surface area contributed by atoms with Crippen LogP contribution in [0.25, 0.3) is 0 Å². The molecule has 1 fully saturated rings. The zero-order valence-electron chi connectivity index (χ0n) is 12.8. The molecule has 0 aromatic carbocycles. The molecule has 1 aromatic rings. The normalized spacial score (nSPS) is 27.9. The lowest BCUT2D eigenvalue weighted by atomic mass is 9.77. The summed E-state index contributed by atoms with van der Waals surface area (Å²) < 4.78 is 0. The van der Waals surface area contributed by atoms with Crippen molar-refractivity contribution in [2.24, 2.45) is 5.92 Å². The van der Waals surface area contributed by atoms with Crippen LogP contribution >= 0.6 is 11.3 Å². The molecule has 0 spiro atoms. The Kier molecular flexibility index (Phi) is 5.02. The van der Waals surface area contributed by atoms with Crippen LogP contribution in [0.1, 0.15) is 76.4 Å². The van der Waals surface area contributed by atoms with E-state index < -0.39 is 0 Å². The molecule has 1 heterocycles. The lowest BCUT2D eigenvalue weighted by Crippen LogP contribution is -2.45. The number of rotatable bonds is 5. The molecule has 0 saturated heterocycles. The van der Waals surface area contributed by atoms with E-state index in [9.17, 15) is 0 Å². The molecule has 1 aliphatic rings. The van der Waals surface area contributed by atoms with Gasteiger partial charge in [-0.05, 0) is 50.5 Å². The van der Waals surface area contributed by atoms with E-state index in [4.69, 9.17) is 4.98 Å². The molecule has 1 aromatic heterocycles. The summed E-state index contributed by atoms with van der Waals surface area (Å²) in [6, 6.07) is 0. The molecule has 19 heavy (non-hydrogen) atoms. The Labute approximate surface area is 122 Å². The van der Waals surface area contributed by atoms with Crippen LogP contribution in [0.4, 0.5) is 0 Å². The van der Waals surface area contributed by atoms with Gasteiger partial charge < -0.3 is 5.32 Å². The highest BCUT2D eigenvalue weighted by Crippen LogP contribution is 2.41. The first-order valence-electron chi connectivity index (χ1n) is 7.78. The van der Waals surface area contributed by atoms with Crippen LogP contribution in [-0.2, 0) is 5.54 Å². The van der Waals surface area contributed by atoms with Crippen LogP contribution in [0.3, 0.4) is 0 Å². The van der Waals surface area contributed by atoms with Gasteiger partial charge in [-0.2, -0.15) is 0 Å². The topological polar surface area (TPSA) is 24.9 Å². The first-order valence-corrected chi connectivity index (χ1v) is 8.66. The second-order valence-corrected chi connectivity index (χ2v) is 7.28. The number of nitrogens with one attached hydrogen (secondary N) is 1. The van der Waals surface area contributed by atoms with Gasteiger partial charge >= 0.3 is 0 Å².